The fraction of sp³-hybridized carbons (Fsp3) is 0.0769. The third kappa shape index (κ3) is 3.88. The normalized spacial score (nSPS) is 11.7. The van der Waals surface area contributed by atoms with Crippen LogP contribution in [0.3, 0.4) is 0 Å². The first-order valence-corrected chi connectivity index (χ1v) is 5.57. The standard InChI is InChI=1S/C13H12N4O2/c1-10(7-11-3-2-6-19-11)8-16-17-13(18)12-9-14-4-5-15-12/h2-9H,1H3,(H,17,18)/b10-7+,16-8-. The molecule has 0 radical (unpaired) electrons. The maximum absolute atomic E-state index is 11.6. The van der Waals surface area contributed by atoms with Crippen LogP contribution in [0.15, 0.2) is 52.1 Å². The number of aromatic nitrogens is 2. The molecular weight excluding hydrogens is 244 g/mol. The highest BCUT2D eigenvalue weighted by Gasteiger charge is 2.04. The summed E-state index contributed by atoms with van der Waals surface area (Å²) in [4.78, 5) is 19.2. The molecule has 2 heterocycles. The highest BCUT2D eigenvalue weighted by atomic mass is 16.3. The van der Waals surface area contributed by atoms with Gasteiger partial charge in [-0.05, 0) is 30.7 Å². The summed E-state index contributed by atoms with van der Waals surface area (Å²) >= 11 is 0. The molecule has 0 spiro atoms. The van der Waals surface area contributed by atoms with Gasteiger partial charge in [0.1, 0.15) is 11.5 Å². The number of hydrazone groups is 1. The van der Waals surface area contributed by atoms with Gasteiger partial charge in [0.05, 0.1) is 18.7 Å². The molecule has 2 aromatic rings. The predicted octanol–water partition coefficient (Wildman–Crippen LogP) is 1.89. The summed E-state index contributed by atoms with van der Waals surface area (Å²) in [5.74, 6) is 0.319. The Balaban J connectivity index is 1.92. The minimum atomic E-state index is -0.407. The van der Waals surface area contributed by atoms with Crippen molar-refractivity contribution in [3.63, 3.8) is 0 Å². The van der Waals surface area contributed by atoms with E-state index in [0.717, 1.165) is 11.3 Å². The summed E-state index contributed by atoms with van der Waals surface area (Å²) in [6.07, 6.45) is 9.23. The van der Waals surface area contributed by atoms with Gasteiger partial charge in [-0.1, -0.05) is 0 Å². The molecule has 96 valence electrons. The number of amides is 1. The average Bonchev–Trinajstić information content (AvgIpc) is 2.92. The van der Waals surface area contributed by atoms with Crippen molar-refractivity contribution in [1.82, 2.24) is 15.4 Å². The van der Waals surface area contributed by atoms with E-state index in [1.807, 2.05) is 13.0 Å². The molecule has 0 aliphatic rings. The van der Waals surface area contributed by atoms with Gasteiger partial charge in [-0.15, -0.1) is 0 Å². The van der Waals surface area contributed by atoms with Gasteiger partial charge in [-0.25, -0.2) is 10.4 Å². The number of carbonyl (C=O) groups excluding carboxylic acids is 1. The molecule has 0 bridgehead atoms. The zero-order chi connectivity index (χ0) is 13.5. The Morgan fingerprint density at radius 3 is 3.05 bits per heavy atom. The van der Waals surface area contributed by atoms with Crippen LogP contribution in [-0.2, 0) is 0 Å². The van der Waals surface area contributed by atoms with Crippen molar-refractivity contribution in [2.45, 2.75) is 6.92 Å². The Morgan fingerprint density at radius 1 is 1.47 bits per heavy atom. The van der Waals surface area contributed by atoms with Gasteiger partial charge >= 0.3 is 0 Å². The molecule has 0 saturated heterocycles. The third-order valence-electron chi connectivity index (χ3n) is 2.14. The first-order chi connectivity index (χ1) is 9.25. The van der Waals surface area contributed by atoms with Crippen LogP contribution in [0.2, 0.25) is 0 Å². The molecule has 0 unspecified atom stereocenters. The number of nitrogens with one attached hydrogen (secondary N) is 1. The van der Waals surface area contributed by atoms with Gasteiger partial charge in [-0.3, -0.25) is 9.78 Å². The molecule has 1 N–H and O–H groups in total. The second kappa shape index (κ2) is 6.25. The lowest BCUT2D eigenvalue weighted by Gasteiger charge is -1.97. The molecule has 0 fully saturated rings. The van der Waals surface area contributed by atoms with Crippen molar-refractivity contribution in [1.29, 1.82) is 0 Å². The lowest BCUT2D eigenvalue weighted by molar-refractivity contribution is 0.0949. The molecule has 6 heteroatoms. The minimum Gasteiger partial charge on any atom is -0.465 e. The Labute approximate surface area is 109 Å². The maximum Gasteiger partial charge on any atom is 0.291 e. The highest BCUT2D eigenvalue weighted by Crippen LogP contribution is 2.05. The van der Waals surface area contributed by atoms with Crippen molar-refractivity contribution in [2.24, 2.45) is 5.10 Å². The lowest BCUT2D eigenvalue weighted by atomic mass is 10.3. The van der Waals surface area contributed by atoms with Crippen molar-refractivity contribution in [3.8, 4) is 0 Å². The first kappa shape index (κ1) is 12.7. The van der Waals surface area contributed by atoms with E-state index in [1.165, 1.54) is 24.8 Å². The maximum atomic E-state index is 11.6. The molecular formula is C13H12N4O2. The summed E-state index contributed by atoms with van der Waals surface area (Å²) in [5.41, 5.74) is 3.42. The number of hydrogen-bond donors (Lipinski definition) is 1. The van der Waals surface area contributed by atoms with E-state index in [2.05, 4.69) is 20.5 Å². The topological polar surface area (TPSA) is 80.4 Å². The van der Waals surface area contributed by atoms with Crippen molar-refractivity contribution >= 4 is 18.2 Å². The van der Waals surface area contributed by atoms with Crippen LogP contribution in [0, 0.1) is 0 Å². The van der Waals surface area contributed by atoms with Crippen LogP contribution in [-0.4, -0.2) is 22.1 Å². The second-order valence-corrected chi connectivity index (χ2v) is 3.69. The fourth-order valence-electron chi connectivity index (χ4n) is 1.30. The summed E-state index contributed by atoms with van der Waals surface area (Å²) in [6, 6.07) is 3.63. The van der Waals surface area contributed by atoms with Crippen molar-refractivity contribution < 1.29 is 9.21 Å². The minimum absolute atomic E-state index is 0.215. The highest BCUT2D eigenvalue weighted by molar-refractivity contribution is 5.93. The Morgan fingerprint density at radius 2 is 2.37 bits per heavy atom. The summed E-state index contributed by atoms with van der Waals surface area (Å²) < 4.78 is 5.16. The van der Waals surface area contributed by atoms with E-state index in [0.29, 0.717) is 0 Å². The third-order valence-corrected chi connectivity index (χ3v) is 2.14. The summed E-state index contributed by atoms with van der Waals surface area (Å²) in [6.45, 7) is 1.85. The molecule has 2 aromatic heterocycles. The number of nitrogens with zero attached hydrogens (tertiary/aromatic N) is 3. The van der Waals surface area contributed by atoms with Gasteiger partial charge in [0.25, 0.3) is 5.91 Å². The van der Waals surface area contributed by atoms with Crippen molar-refractivity contribution in [3.05, 3.63) is 54.0 Å². The van der Waals surface area contributed by atoms with Gasteiger partial charge in [-0.2, -0.15) is 5.10 Å². The monoisotopic (exact) mass is 256 g/mol. The fourth-order valence-corrected chi connectivity index (χ4v) is 1.30. The predicted molar refractivity (Wildman–Crippen MR) is 70.3 cm³/mol. The van der Waals surface area contributed by atoms with Crippen LogP contribution in [0.1, 0.15) is 23.2 Å². The van der Waals surface area contributed by atoms with Gasteiger partial charge in [0.15, 0.2) is 0 Å². The largest absolute Gasteiger partial charge is 0.465 e. The second-order valence-electron chi connectivity index (χ2n) is 3.69. The molecule has 2 rings (SSSR count). The summed E-state index contributed by atoms with van der Waals surface area (Å²) in [7, 11) is 0. The zero-order valence-corrected chi connectivity index (χ0v) is 10.3. The van der Waals surface area contributed by atoms with E-state index in [1.54, 1.807) is 18.4 Å². The molecule has 0 saturated carbocycles. The van der Waals surface area contributed by atoms with Crippen LogP contribution >= 0.6 is 0 Å². The Kier molecular flexibility index (Phi) is 4.17. The Bertz CT molecular complexity index is 588. The van der Waals surface area contributed by atoms with E-state index in [-0.39, 0.29) is 5.69 Å². The molecule has 0 aliphatic carbocycles. The van der Waals surface area contributed by atoms with Crippen LogP contribution in [0.25, 0.3) is 6.08 Å². The molecule has 6 nitrogen and oxygen atoms in total. The van der Waals surface area contributed by atoms with Gasteiger partial charge in [0, 0.05) is 12.4 Å². The SMILES string of the molecule is CC(/C=N\NC(=O)c1cnccn1)=C\c1ccco1. The number of furan rings is 1. The molecule has 0 aliphatic heterocycles. The van der Waals surface area contributed by atoms with Crippen LogP contribution in [0.5, 0.6) is 0 Å². The Hall–Kier alpha value is -2.76. The first-order valence-electron chi connectivity index (χ1n) is 5.57. The van der Waals surface area contributed by atoms with Crippen LogP contribution in [0.4, 0.5) is 0 Å². The molecule has 0 aromatic carbocycles. The lowest BCUT2D eigenvalue weighted by Crippen LogP contribution is -2.19. The quantitative estimate of drug-likeness (QED) is 0.669. The number of hydrogen-bond acceptors (Lipinski definition) is 5. The van der Waals surface area contributed by atoms with E-state index in [4.69, 9.17) is 4.42 Å². The molecule has 19 heavy (non-hydrogen) atoms. The van der Waals surface area contributed by atoms with E-state index < -0.39 is 5.91 Å². The van der Waals surface area contributed by atoms with Gasteiger partial charge in [0.2, 0.25) is 0 Å². The van der Waals surface area contributed by atoms with Gasteiger partial charge < -0.3 is 4.42 Å². The van der Waals surface area contributed by atoms with Crippen molar-refractivity contribution in [2.75, 3.05) is 0 Å². The van der Waals surface area contributed by atoms with Crippen LogP contribution < -0.4 is 5.43 Å². The number of rotatable bonds is 4. The van der Waals surface area contributed by atoms with E-state index >= 15 is 0 Å². The molecule has 0 atom stereocenters. The zero-order valence-electron chi connectivity index (χ0n) is 10.3. The molecule has 1 amide bonds. The average molecular weight is 256 g/mol. The number of allylic oxidation sites excluding steroid dienone is 1. The van der Waals surface area contributed by atoms with E-state index in [9.17, 15) is 4.79 Å². The summed E-state index contributed by atoms with van der Waals surface area (Å²) in [5, 5.41) is 3.83. The smallest absolute Gasteiger partial charge is 0.291 e. The number of carbonyl (C=O) groups is 1.